The van der Waals surface area contributed by atoms with Crippen LogP contribution in [0.4, 0.5) is 5.13 Å². The molecule has 4 aromatic rings. The van der Waals surface area contributed by atoms with Gasteiger partial charge in [0.1, 0.15) is 6.54 Å². The summed E-state index contributed by atoms with van der Waals surface area (Å²) in [5, 5.41) is 5.23. The van der Waals surface area contributed by atoms with Crippen LogP contribution in [0.3, 0.4) is 0 Å². The van der Waals surface area contributed by atoms with E-state index < -0.39 is 0 Å². The number of nitrogens with zero attached hydrogens (tertiary/aromatic N) is 2. The Morgan fingerprint density at radius 3 is 2.85 bits per heavy atom. The molecule has 2 aromatic heterocycles. The van der Waals surface area contributed by atoms with Crippen molar-refractivity contribution < 1.29 is 4.79 Å². The lowest BCUT2D eigenvalue weighted by atomic mass is 10.0. The van der Waals surface area contributed by atoms with Gasteiger partial charge in [0.05, 0.1) is 16.7 Å². The van der Waals surface area contributed by atoms with Gasteiger partial charge in [-0.3, -0.25) is 9.36 Å². The molecule has 0 aliphatic rings. The zero-order valence-corrected chi connectivity index (χ0v) is 15.8. The minimum absolute atomic E-state index is 0.0681. The number of anilines is 1. The third kappa shape index (κ3) is 3.41. The number of amides is 1. The number of para-hydroxylation sites is 2. The first-order valence-corrected chi connectivity index (χ1v) is 9.40. The highest BCUT2D eigenvalue weighted by molar-refractivity contribution is 7.14. The fourth-order valence-electron chi connectivity index (χ4n) is 3.12. The van der Waals surface area contributed by atoms with Crippen LogP contribution in [0.15, 0.2) is 52.6 Å². The molecule has 2 aromatic carbocycles. The van der Waals surface area contributed by atoms with Gasteiger partial charge in [0.2, 0.25) is 5.91 Å². The maximum Gasteiger partial charge on any atom is 0.326 e. The monoisotopic (exact) mass is 378 g/mol. The van der Waals surface area contributed by atoms with E-state index in [-0.39, 0.29) is 18.1 Å². The number of H-pyrrole nitrogens is 1. The Labute approximate surface area is 159 Å². The van der Waals surface area contributed by atoms with Crippen molar-refractivity contribution in [2.75, 3.05) is 5.32 Å². The Morgan fingerprint density at radius 1 is 1.22 bits per heavy atom. The zero-order valence-electron chi connectivity index (χ0n) is 14.9. The SMILES string of the molecule is Cc1ccc(-c2csc(NC(=O)Cn3c(=O)[nH]c4ccccc43)n2)c(C)c1. The minimum atomic E-state index is -0.304. The van der Waals surface area contributed by atoms with Gasteiger partial charge in [-0.2, -0.15) is 0 Å². The quantitative estimate of drug-likeness (QED) is 0.568. The number of carbonyl (C=O) groups is 1. The number of hydrogen-bond donors (Lipinski definition) is 2. The predicted molar refractivity (Wildman–Crippen MR) is 108 cm³/mol. The number of imidazole rings is 1. The summed E-state index contributed by atoms with van der Waals surface area (Å²) >= 11 is 1.37. The second-order valence-electron chi connectivity index (χ2n) is 6.44. The minimum Gasteiger partial charge on any atom is -0.306 e. The normalized spacial score (nSPS) is 11.0. The van der Waals surface area contributed by atoms with Crippen molar-refractivity contribution in [2.24, 2.45) is 0 Å². The number of aromatic nitrogens is 3. The summed E-state index contributed by atoms with van der Waals surface area (Å²) in [6, 6.07) is 13.5. The van der Waals surface area contributed by atoms with Crippen LogP contribution in [0.5, 0.6) is 0 Å². The zero-order chi connectivity index (χ0) is 19.0. The van der Waals surface area contributed by atoms with Gasteiger partial charge >= 0.3 is 5.69 Å². The van der Waals surface area contributed by atoms with Crippen LogP contribution in [-0.4, -0.2) is 20.4 Å². The summed E-state index contributed by atoms with van der Waals surface area (Å²) < 4.78 is 1.42. The largest absolute Gasteiger partial charge is 0.326 e. The molecule has 2 N–H and O–H groups in total. The Kier molecular flexibility index (Phi) is 4.37. The maximum atomic E-state index is 12.4. The number of rotatable bonds is 4. The number of hydrogen-bond acceptors (Lipinski definition) is 4. The lowest BCUT2D eigenvalue weighted by Gasteiger charge is -2.04. The van der Waals surface area contributed by atoms with Crippen LogP contribution in [0, 0.1) is 13.8 Å². The highest BCUT2D eigenvalue weighted by Crippen LogP contribution is 2.28. The van der Waals surface area contributed by atoms with E-state index in [2.05, 4.69) is 28.3 Å². The van der Waals surface area contributed by atoms with Crippen molar-refractivity contribution in [1.82, 2.24) is 14.5 Å². The van der Waals surface area contributed by atoms with E-state index in [9.17, 15) is 9.59 Å². The van der Waals surface area contributed by atoms with Crippen LogP contribution >= 0.6 is 11.3 Å². The average molecular weight is 378 g/mol. The molecular formula is C20H18N4O2S. The lowest BCUT2D eigenvalue weighted by Crippen LogP contribution is -2.25. The van der Waals surface area contributed by atoms with Gasteiger partial charge in [-0.15, -0.1) is 11.3 Å². The van der Waals surface area contributed by atoms with Crippen molar-refractivity contribution in [3.8, 4) is 11.3 Å². The van der Waals surface area contributed by atoms with Gasteiger partial charge in [-0.05, 0) is 31.5 Å². The predicted octanol–water partition coefficient (Wildman–Crippen LogP) is 3.71. The third-order valence-electron chi connectivity index (χ3n) is 4.39. The molecule has 0 aliphatic heterocycles. The Balaban J connectivity index is 1.53. The van der Waals surface area contributed by atoms with Crippen LogP contribution in [0.2, 0.25) is 0 Å². The number of fused-ring (bicyclic) bond motifs is 1. The van der Waals surface area contributed by atoms with E-state index in [1.54, 1.807) is 0 Å². The molecule has 0 saturated carbocycles. The Morgan fingerprint density at radius 2 is 2.04 bits per heavy atom. The summed E-state index contributed by atoms with van der Waals surface area (Å²) in [5.41, 5.74) is 5.32. The van der Waals surface area contributed by atoms with Gasteiger partial charge in [-0.25, -0.2) is 9.78 Å². The van der Waals surface area contributed by atoms with Gasteiger partial charge in [0.15, 0.2) is 5.13 Å². The molecule has 0 aliphatic carbocycles. The molecule has 7 heteroatoms. The molecule has 0 spiro atoms. The molecule has 27 heavy (non-hydrogen) atoms. The molecule has 4 rings (SSSR count). The topological polar surface area (TPSA) is 79.8 Å². The first-order chi connectivity index (χ1) is 13.0. The van der Waals surface area contributed by atoms with Crippen molar-refractivity contribution in [2.45, 2.75) is 20.4 Å². The summed E-state index contributed by atoms with van der Waals surface area (Å²) in [4.78, 5) is 31.8. The van der Waals surface area contributed by atoms with Crippen molar-refractivity contribution in [3.05, 3.63) is 69.5 Å². The first kappa shape index (κ1) is 17.2. The molecule has 1 amide bonds. The van der Waals surface area contributed by atoms with Crippen molar-refractivity contribution >= 4 is 33.4 Å². The van der Waals surface area contributed by atoms with E-state index >= 15 is 0 Å². The number of thiazole rings is 1. The number of aryl methyl sites for hydroxylation is 2. The van der Waals surface area contributed by atoms with E-state index in [4.69, 9.17) is 0 Å². The highest BCUT2D eigenvalue weighted by atomic mass is 32.1. The summed E-state index contributed by atoms with van der Waals surface area (Å²) in [6.45, 7) is 4.03. The van der Waals surface area contributed by atoms with E-state index in [1.165, 1.54) is 21.5 Å². The second-order valence-corrected chi connectivity index (χ2v) is 7.30. The number of carbonyl (C=O) groups excluding carboxylic acids is 1. The van der Waals surface area contributed by atoms with Crippen LogP contribution in [-0.2, 0) is 11.3 Å². The van der Waals surface area contributed by atoms with E-state index in [0.29, 0.717) is 16.2 Å². The van der Waals surface area contributed by atoms with Crippen LogP contribution in [0.25, 0.3) is 22.3 Å². The summed E-state index contributed by atoms with van der Waals surface area (Å²) in [7, 11) is 0. The van der Waals surface area contributed by atoms with Gasteiger partial charge in [0.25, 0.3) is 0 Å². The van der Waals surface area contributed by atoms with Gasteiger partial charge < -0.3 is 10.3 Å². The molecule has 0 bridgehead atoms. The van der Waals surface area contributed by atoms with Gasteiger partial charge in [-0.1, -0.05) is 35.9 Å². The number of aromatic amines is 1. The molecule has 0 fully saturated rings. The van der Waals surface area contributed by atoms with Crippen LogP contribution in [0.1, 0.15) is 11.1 Å². The second kappa shape index (κ2) is 6.85. The first-order valence-electron chi connectivity index (χ1n) is 8.52. The van der Waals surface area contributed by atoms with E-state index in [1.807, 2.05) is 48.7 Å². The fraction of sp³-hybridized carbons (Fsp3) is 0.150. The molecule has 0 saturated heterocycles. The maximum absolute atomic E-state index is 12.4. The molecule has 0 radical (unpaired) electrons. The molecule has 136 valence electrons. The smallest absolute Gasteiger partial charge is 0.306 e. The van der Waals surface area contributed by atoms with Crippen molar-refractivity contribution in [1.29, 1.82) is 0 Å². The van der Waals surface area contributed by atoms with Crippen molar-refractivity contribution in [3.63, 3.8) is 0 Å². The molecule has 6 nitrogen and oxygen atoms in total. The molecule has 2 heterocycles. The Bertz CT molecular complexity index is 1200. The molecule has 0 unspecified atom stereocenters. The summed E-state index contributed by atoms with van der Waals surface area (Å²) in [5.74, 6) is -0.289. The third-order valence-corrected chi connectivity index (χ3v) is 5.15. The van der Waals surface area contributed by atoms with Gasteiger partial charge in [0, 0.05) is 10.9 Å². The lowest BCUT2D eigenvalue weighted by molar-refractivity contribution is -0.116. The average Bonchev–Trinajstić information content (AvgIpc) is 3.20. The number of benzene rings is 2. The van der Waals surface area contributed by atoms with E-state index in [0.717, 1.165) is 16.8 Å². The highest BCUT2D eigenvalue weighted by Gasteiger charge is 2.13. The van der Waals surface area contributed by atoms with Crippen LogP contribution < -0.4 is 11.0 Å². The molecular weight excluding hydrogens is 360 g/mol. The molecule has 0 atom stereocenters. The fourth-order valence-corrected chi connectivity index (χ4v) is 3.85. The standard InChI is InChI=1S/C20H18N4O2S/c1-12-7-8-14(13(2)9-12)16-11-27-19(21-16)23-18(25)10-24-17-6-4-3-5-15(17)22-20(24)26/h3-9,11H,10H2,1-2H3,(H,22,26)(H,21,23,25). The Hall–Kier alpha value is -3.19. The summed E-state index contributed by atoms with van der Waals surface area (Å²) in [6.07, 6.45) is 0. The number of nitrogens with one attached hydrogen (secondary N) is 2.